The molecule has 5 rings (SSSR count). The zero-order chi connectivity index (χ0) is 24.9. The Morgan fingerprint density at radius 1 is 1.03 bits per heavy atom. The van der Waals surface area contributed by atoms with Crippen molar-refractivity contribution in [1.29, 1.82) is 0 Å². The molecular formula is C25H24N8O3. The van der Waals surface area contributed by atoms with Crippen LogP contribution in [0.3, 0.4) is 0 Å². The second-order valence-electron chi connectivity index (χ2n) is 8.30. The van der Waals surface area contributed by atoms with Crippen molar-refractivity contribution >= 4 is 35.4 Å². The lowest BCUT2D eigenvalue weighted by molar-refractivity contribution is -0.385. The van der Waals surface area contributed by atoms with Crippen molar-refractivity contribution in [3.63, 3.8) is 0 Å². The minimum atomic E-state index is -0.401. The Balaban J connectivity index is 1.32. The van der Waals surface area contributed by atoms with Gasteiger partial charge in [0.05, 0.1) is 11.1 Å². The molecular weight excluding hydrogens is 460 g/mol. The lowest BCUT2D eigenvalue weighted by Gasteiger charge is -2.16. The van der Waals surface area contributed by atoms with Gasteiger partial charge in [-0.25, -0.2) is 5.43 Å². The molecule has 11 nitrogen and oxygen atoms in total. The van der Waals surface area contributed by atoms with E-state index < -0.39 is 4.92 Å². The van der Waals surface area contributed by atoms with Gasteiger partial charge in [0.15, 0.2) is 0 Å². The van der Waals surface area contributed by atoms with Crippen LogP contribution in [0.25, 0.3) is 11.3 Å². The monoisotopic (exact) mass is 484 g/mol. The molecule has 182 valence electrons. The molecule has 1 saturated heterocycles. The Kier molecular flexibility index (Phi) is 6.52. The van der Waals surface area contributed by atoms with E-state index in [0.717, 1.165) is 37.2 Å². The topological polar surface area (TPSA) is 135 Å². The van der Waals surface area contributed by atoms with E-state index in [0.29, 0.717) is 34.9 Å². The highest BCUT2D eigenvalue weighted by atomic mass is 16.6. The van der Waals surface area contributed by atoms with Gasteiger partial charge in [0.1, 0.15) is 11.5 Å². The summed E-state index contributed by atoms with van der Waals surface area (Å²) < 4.78 is 5.84. The van der Waals surface area contributed by atoms with Gasteiger partial charge in [0.2, 0.25) is 17.8 Å². The predicted molar refractivity (Wildman–Crippen MR) is 138 cm³/mol. The van der Waals surface area contributed by atoms with Gasteiger partial charge in [-0.15, -0.1) is 0 Å². The molecule has 0 amide bonds. The number of anilines is 4. The van der Waals surface area contributed by atoms with Gasteiger partial charge in [-0.05, 0) is 56.2 Å². The van der Waals surface area contributed by atoms with Gasteiger partial charge in [0.25, 0.3) is 5.69 Å². The fourth-order valence-electron chi connectivity index (χ4n) is 3.92. The number of para-hydroxylation sites is 1. The Labute approximate surface area is 207 Å². The van der Waals surface area contributed by atoms with Crippen LogP contribution in [-0.4, -0.2) is 39.2 Å². The first-order valence-corrected chi connectivity index (χ1v) is 11.5. The third-order valence-electron chi connectivity index (χ3n) is 5.70. The number of nitrogens with zero attached hydrogens (tertiary/aromatic N) is 6. The molecule has 1 aliphatic heterocycles. The van der Waals surface area contributed by atoms with Crippen molar-refractivity contribution in [3.8, 4) is 11.3 Å². The van der Waals surface area contributed by atoms with E-state index in [2.05, 4.69) is 35.7 Å². The molecule has 0 spiro atoms. The van der Waals surface area contributed by atoms with Gasteiger partial charge in [-0.2, -0.15) is 20.1 Å². The van der Waals surface area contributed by atoms with Crippen LogP contribution < -0.4 is 15.6 Å². The molecule has 36 heavy (non-hydrogen) atoms. The molecule has 1 aliphatic rings. The van der Waals surface area contributed by atoms with E-state index in [1.54, 1.807) is 31.2 Å². The fraction of sp³-hybridized carbons (Fsp3) is 0.200. The highest BCUT2D eigenvalue weighted by Crippen LogP contribution is 2.27. The summed E-state index contributed by atoms with van der Waals surface area (Å²) >= 11 is 0. The SMILES string of the molecule is Cc1cc(-c2ccc(/C=N\Nc3nc(Nc4ccccc4)nc(N4CCCC4)n3)o2)ccc1[N+](=O)[O-]. The highest BCUT2D eigenvalue weighted by Gasteiger charge is 2.18. The average molecular weight is 485 g/mol. The molecule has 2 N–H and O–H groups in total. The number of furan rings is 1. The molecule has 11 heteroatoms. The molecule has 0 bridgehead atoms. The largest absolute Gasteiger partial charge is 0.455 e. The van der Waals surface area contributed by atoms with Crippen LogP contribution in [0.15, 0.2) is 70.2 Å². The van der Waals surface area contributed by atoms with Crippen molar-refractivity contribution in [3.05, 3.63) is 82.1 Å². The van der Waals surface area contributed by atoms with Gasteiger partial charge in [0, 0.05) is 36.0 Å². The minimum Gasteiger partial charge on any atom is -0.455 e. The van der Waals surface area contributed by atoms with Crippen molar-refractivity contribution in [2.45, 2.75) is 19.8 Å². The van der Waals surface area contributed by atoms with Gasteiger partial charge < -0.3 is 14.6 Å². The highest BCUT2D eigenvalue weighted by molar-refractivity contribution is 5.78. The van der Waals surface area contributed by atoms with E-state index in [-0.39, 0.29) is 5.69 Å². The second kappa shape index (κ2) is 10.2. The molecule has 2 aromatic heterocycles. The Morgan fingerprint density at radius 2 is 1.81 bits per heavy atom. The summed E-state index contributed by atoms with van der Waals surface area (Å²) in [5.41, 5.74) is 5.12. The summed E-state index contributed by atoms with van der Waals surface area (Å²) in [6.45, 7) is 3.49. The Bertz CT molecular complexity index is 1400. The summed E-state index contributed by atoms with van der Waals surface area (Å²) in [6, 6.07) is 18.1. The van der Waals surface area contributed by atoms with E-state index >= 15 is 0 Å². The normalized spacial score (nSPS) is 13.3. The molecule has 0 saturated carbocycles. The number of nitro benzene ring substituents is 1. The first kappa shape index (κ1) is 23.0. The number of rotatable bonds is 8. The number of hydrogen-bond acceptors (Lipinski definition) is 10. The smallest absolute Gasteiger partial charge is 0.272 e. The number of aryl methyl sites for hydroxylation is 1. The van der Waals surface area contributed by atoms with Gasteiger partial charge in [-0.1, -0.05) is 18.2 Å². The summed E-state index contributed by atoms with van der Waals surface area (Å²) in [5.74, 6) is 2.40. The molecule has 0 atom stereocenters. The van der Waals surface area contributed by atoms with E-state index in [4.69, 9.17) is 4.42 Å². The lowest BCUT2D eigenvalue weighted by Crippen LogP contribution is -2.21. The van der Waals surface area contributed by atoms with Crippen LogP contribution >= 0.6 is 0 Å². The summed E-state index contributed by atoms with van der Waals surface area (Å²) in [4.78, 5) is 26.3. The zero-order valence-electron chi connectivity index (χ0n) is 19.6. The number of nitro groups is 1. The van der Waals surface area contributed by atoms with E-state index in [1.807, 2.05) is 30.3 Å². The van der Waals surface area contributed by atoms with Gasteiger partial charge >= 0.3 is 0 Å². The first-order valence-electron chi connectivity index (χ1n) is 11.5. The number of aromatic nitrogens is 3. The average Bonchev–Trinajstić information content (AvgIpc) is 3.57. The van der Waals surface area contributed by atoms with Crippen LogP contribution in [0.4, 0.5) is 29.2 Å². The maximum atomic E-state index is 11.1. The van der Waals surface area contributed by atoms with Crippen LogP contribution in [0.1, 0.15) is 24.2 Å². The summed E-state index contributed by atoms with van der Waals surface area (Å²) in [6.07, 6.45) is 3.72. The number of hydrogen-bond donors (Lipinski definition) is 2. The van der Waals surface area contributed by atoms with E-state index in [1.165, 1.54) is 12.3 Å². The Hall–Kier alpha value is -4.80. The number of nitrogens with one attached hydrogen (secondary N) is 2. The first-order chi connectivity index (χ1) is 17.5. The van der Waals surface area contributed by atoms with Crippen molar-refractivity contribution in [2.75, 3.05) is 28.7 Å². The maximum Gasteiger partial charge on any atom is 0.272 e. The fourth-order valence-corrected chi connectivity index (χ4v) is 3.92. The van der Waals surface area contributed by atoms with Crippen LogP contribution in [0, 0.1) is 17.0 Å². The predicted octanol–water partition coefficient (Wildman–Crippen LogP) is 5.14. The molecule has 0 aliphatic carbocycles. The third kappa shape index (κ3) is 5.30. The van der Waals surface area contributed by atoms with Gasteiger partial charge in [-0.3, -0.25) is 10.1 Å². The van der Waals surface area contributed by atoms with Crippen molar-refractivity contribution in [2.24, 2.45) is 5.10 Å². The number of hydrazone groups is 1. The summed E-state index contributed by atoms with van der Waals surface area (Å²) in [5, 5.41) is 18.5. The minimum absolute atomic E-state index is 0.0723. The standard InChI is InChI=1S/C25H24N8O3/c1-17-15-18(9-11-21(17)33(34)35)22-12-10-20(36-22)16-26-31-24-28-23(27-19-7-3-2-4-8-19)29-25(30-24)32-13-5-6-14-32/h2-4,7-12,15-16H,5-6,13-14H2,1H3,(H2,27,28,29,30,31)/b26-16-. The summed E-state index contributed by atoms with van der Waals surface area (Å²) in [7, 11) is 0. The second-order valence-corrected chi connectivity index (χ2v) is 8.30. The van der Waals surface area contributed by atoms with Crippen LogP contribution in [0.2, 0.25) is 0 Å². The van der Waals surface area contributed by atoms with E-state index in [9.17, 15) is 10.1 Å². The molecule has 4 aromatic rings. The quantitative estimate of drug-likeness (QED) is 0.198. The molecule has 3 heterocycles. The zero-order valence-corrected chi connectivity index (χ0v) is 19.6. The Morgan fingerprint density at radius 3 is 2.56 bits per heavy atom. The van der Waals surface area contributed by atoms with Crippen LogP contribution in [0.5, 0.6) is 0 Å². The third-order valence-corrected chi connectivity index (χ3v) is 5.70. The molecule has 1 fully saturated rings. The molecule has 0 unspecified atom stereocenters. The van der Waals surface area contributed by atoms with Crippen molar-refractivity contribution < 1.29 is 9.34 Å². The number of benzene rings is 2. The molecule has 0 radical (unpaired) electrons. The molecule has 2 aromatic carbocycles. The van der Waals surface area contributed by atoms with Crippen LogP contribution in [-0.2, 0) is 0 Å². The lowest BCUT2D eigenvalue weighted by atomic mass is 10.1. The van der Waals surface area contributed by atoms with Crippen molar-refractivity contribution in [1.82, 2.24) is 15.0 Å². The maximum absolute atomic E-state index is 11.1.